The largest absolute Gasteiger partial charge is 0.314 e. The first kappa shape index (κ1) is 16.6. The van der Waals surface area contributed by atoms with Crippen molar-refractivity contribution >= 4 is 23.1 Å². The molecule has 0 N–H and O–H groups in total. The number of hydrogen-bond acceptors (Lipinski definition) is 7. The van der Waals surface area contributed by atoms with E-state index in [0.29, 0.717) is 34.3 Å². The van der Waals surface area contributed by atoms with Crippen LogP contribution in [-0.4, -0.2) is 39.4 Å². The van der Waals surface area contributed by atoms with Crippen molar-refractivity contribution in [2.24, 2.45) is 0 Å². The Hall–Kier alpha value is -3.86. The average Bonchev–Trinajstić information content (AvgIpc) is 2.70. The Kier molecular flexibility index (Phi) is 3.97. The standard InChI is InChI=1S/C19H15N7O/c1-12-4-3-5-14(23-12)18-22-10-16-19(24-18)26(11-17(27)25(16)2)15-6-7-21-9-13(15)8-20/h3-7,9-10H,11H2,1-2H3. The number of amides is 1. The van der Waals surface area contributed by atoms with Crippen LogP contribution in [0.4, 0.5) is 17.2 Å². The number of nitriles is 1. The van der Waals surface area contributed by atoms with Crippen LogP contribution >= 0.6 is 0 Å². The number of fused-ring (bicyclic) bond motifs is 1. The molecule has 3 aromatic heterocycles. The van der Waals surface area contributed by atoms with E-state index in [1.807, 2.05) is 25.1 Å². The molecule has 27 heavy (non-hydrogen) atoms. The summed E-state index contributed by atoms with van der Waals surface area (Å²) in [5, 5.41) is 9.42. The second-order valence-corrected chi connectivity index (χ2v) is 6.11. The fraction of sp³-hybridized carbons (Fsp3) is 0.158. The lowest BCUT2D eigenvalue weighted by Gasteiger charge is -2.34. The minimum atomic E-state index is -0.117. The van der Waals surface area contributed by atoms with Crippen LogP contribution in [0.25, 0.3) is 11.5 Å². The predicted molar refractivity (Wildman–Crippen MR) is 99.4 cm³/mol. The van der Waals surface area contributed by atoms with Crippen LogP contribution in [0.3, 0.4) is 0 Å². The molecule has 0 saturated carbocycles. The summed E-state index contributed by atoms with van der Waals surface area (Å²) in [6.07, 6.45) is 4.67. The molecule has 0 aliphatic carbocycles. The van der Waals surface area contributed by atoms with Crippen molar-refractivity contribution in [1.82, 2.24) is 19.9 Å². The van der Waals surface area contributed by atoms with Crippen LogP contribution in [-0.2, 0) is 4.79 Å². The van der Waals surface area contributed by atoms with Crippen molar-refractivity contribution in [3.05, 3.63) is 54.1 Å². The van der Waals surface area contributed by atoms with Crippen molar-refractivity contribution in [3.63, 3.8) is 0 Å². The minimum absolute atomic E-state index is 0.0693. The number of rotatable bonds is 2. The van der Waals surface area contributed by atoms with E-state index in [2.05, 4.69) is 26.0 Å². The highest BCUT2D eigenvalue weighted by Crippen LogP contribution is 2.37. The summed E-state index contributed by atoms with van der Waals surface area (Å²) in [6.45, 7) is 1.97. The highest BCUT2D eigenvalue weighted by molar-refractivity contribution is 6.04. The molecule has 0 saturated heterocycles. The maximum absolute atomic E-state index is 12.5. The Bertz CT molecular complexity index is 1090. The molecule has 0 unspecified atom stereocenters. The van der Waals surface area contributed by atoms with Crippen LogP contribution in [0.2, 0.25) is 0 Å². The molecule has 0 atom stereocenters. The molecule has 1 aliphatic heterocycles. The number of nitrogens with zero attached hydrogens (tertiary/aromatic N) is 7. The lowest BCUT2D eigenvalue weighted by Crippen LogP contribution is -2.42. The maximum atomic E-state index is 12.5. The lowest BCUT2D eigenvalue weighted by atomic mass is 10.2. The highest BCUT2D eigenvalue weighted by atomic mass is 16.2. The summed E-state index contributed by atoms with van der Waals surface area (Å²) >= 11 is 0. The summed E-state index contributed by atoms with van der Waals surface area (Å²) < 4.78 is 0. The predicted octanol–water partition coefficient (Wildman–Crippen LogP) is 2.23. The van der Waals surface area contributed by atoms with Gasteiger partial charge in [0.1, 0.15) is 24.0 Å². The quantitative estimate of drug-likeness (QED) is 0.693. The average molecular weight is 357 g/mol. The number of aryl methyl sites for hydroxylation is 1. The van der Waals surface area contributed by atoms with Crippen molar-refractivity contribution in [3.8, 4) is 17.6 Å². The van der Waals surface area contributed by atoms with E-state index in [4.69, 9.17) is 0 Å². The van der Waals surface area contributed by atoms with Gasteiger partial charge in [-0.25, -0.2) is 15.0 Å². The molecule has 8 nitrogen and oxygen atoms in total. The van der Waals surface area contributed by atoms with Crippen molar-refractivity contribution < 1.29 is 4.79 Å². The van der Waals surface area contributed by atoms with E-state index in [1.165, 1.54) is 11.1 Å². The van der Waals surface area contributed by atoms with Crippen molar-refractivity contribution in [2.45, 2.75) is 6.92 Å². The number of carbonyl (C=O) groups is 1. The number of likely N-dealkylation sites (N-methyl/N-ethyl adjacent to an activating group) is 1. The van der Waals surface area contributed by atoms with Crippen molar-refractivity contribution in [2.75, 3.05) is 23.4 Å². The van der Waals surface area contributed by atoms with E-state index < -0.39 is 0 Å². The summed E-state index contributed by atoms with van der Waals surface area (Å²) in [4.78, 5) is 33.2. The maximum Gasteiger partial charge on any atom is 0.246 e. The molecule has 0 aromatic carbocycles. The Labute approximate surface area is 155 Å². The Balaban J connectivity index is 1.90. The van der Waals surface area contributed by atoms with Gasteiger partial charge < -0.3 is 9.80 Å². The molecular weight excluding hydrogens is 342 g/mol. The highest BCUT2D eigenvalue weighted by Gasteiger charge is 2.31. The zero-order chi connectivity index (χ0) is 19.0. The van der Waals surface area contributed by atoms with E-state index in [0.717, 1.165) is 5.69 Å². The second kappa shape index (κ2) is 6.46. The van der Waals surface area contributed by atoms with Gasteiger partial charge in [0.15, 0.2) is 11.6 Å². The number of hydrogen-bond donors (Lipinski definition) is 0. The Morgan fingerprint density at radius 3 is 2.78 bits per heavy atom. The fourth-order valence-corrected chi connectivity index (χ4v) is 2.95. The fourth-order valence-electron chi connectivity index (χ4n) is 2.95. The summed E-state index contributed by atoms with van der Waals surface area (Å²) in [7, 11) is 1.68. The summed E-state index contributed by atoms with van der Waals surface area (Å²) in [5.41, 5.74) is 3.03. The molecule has 1 amide bonds. The SMILES string of the molecule is Cc1cccc(-c2ncc3c(n2)N(c2ccncc2C#N)CC(=O)N3C)n1. The monoisotopic (exact) mass is 357 g/mol. The minimum Gasteiger partial charge on any atom is -0.314 e. The van der Waals surface area contributed by atoms with Gasteiger partial charge in [-0.2, -0.15) is 5.26 Å². The molecule has 4 heterocycles. The smallest absolute Gasteiger partial charge is 0.246 e. The van der Waals surface area contributed by atoms with Crippen LogP contribution in [0.5, 0.6) is 0 Å². The Morgan fingerprint density at radius 2 is 2.00 bits per heavy atom. The van der Waals surface area contributed by atoms with Crippen LogP contribution in [0.1, 0.15) is 11.3 Å². The van der Waals surface area contributed by atoms with Crippen molar-refractivity contribution in [1.29, 1.82) is 5.26 Å². The molecular formula is C19H15N7O. The molecule has 8 heteroatoms. The van der Waals surface area contributed by atoms with Gasteiger partial charge in [-0.3, -0.25) is 9.78 Å². The van der Waals surface area contributed by atoms with Gasteiger partial charge in [-0.05, 0) is 25.1 Å². The van der Waals surface area contributed by atoms with E-state index in [9.17, 15) is 10.1 Å². The van der Waals surface area contributed by atoms with Gasteiger partial charge in [0.2, 0.25) is 5.91 Å². The first-order valence-electron chi connectivity index (χ1n) is 8.28. The van der Waals surface area contributed by atoms with Gasteiger partial charge in [0.25, 0.3) is 0 Å². The van der Waals surface area contributed by atoms with Gasteiger partial charge in [0, 0.05) is 25.1 Å². The van der Waals surface area contributed by atoms with E-state index in [-0.39, 0.29) is 12.5 Å². The van der Waals surface area contributed by atoms with Gasteiger partial charge >= 0.3 is 0 Å². The Morgan fingerprint density at radius 1 is 1.15 bits per heavy atom. The van der Waals surface area contributed by atoms with Crippen LogP contribution in [0, 0.1) is 18.3 Å². The van der Waals surface area contributed by atoms with Gasteiger partial charge in [0.05, 0.1) is 17.4 Å². The third-order valence-corrected chi connectivity index (χ3v) is 4.36. The second-order valence-electron chi connectivity index (χ2n) is 6.11. The number of anilines is 3. The number of aromatic nitrogens is 4. The van der Waals surface area contributed by atoms with Gasteiger partial charge in [-0.15, -0.1) is 0 Å². The number of carbonyl (C=O) groups excluding carboxylic acids is 1. The van der Waals surface area contributed by atoms with Crippen LogP contribution < -0.4 is 9.80 Å². The number of pyridine rings is 2. The molecule has 0 spiro atoms. The lowest BCUT2D eigenvalue weighted by molar-refractivity contribution is -0.117. The normalized spacial score (nSPS) is 13.3. The third kappa shape index (κ3) is 2.85. The first-order valence-corrected chi connectivity index (χ1v) is 8.28. The molecule has 132 valence electrons. The zero-order valence-electron chi connectivity index (χ0n) is 14.8. The van der Waals surface area contributed by atoms with Gasteiger partial charge in [-0.1, -0.05) is 6.07 Å². The molecule has 3 aromatic rings. The molecule has 0 radical (unpaired) electrons. The van der Waals surface area contributed by atoms with E-state index >= 15 is 0 Å². The third-order valence-electron chi connectivity index (χ3n) is 4.36. The topological polar surface area (TPSA) is 98.9 Å². The molecule has 4 rings (SSSR count). The summed E-state index contributed by atoms with van der Waals surface area (Å²) in [5.74, 6) is 0.888. The molecule has 0 fully saturated rings. The summed E-state index contributed by atoms with van der Waals surface area (Å²) in [6, 6.07) is 9.45. The first-order chi connectivity index (χ1) is 13.1. The zero-order valence-corrected chi connectivity index (χ0v) is 14.8. The molecule has 0 bridgehead atoms. The van der Waals surface area contributed by atoms with Crippen LogP contribution in [0.15, 0.2) is 42.9 Å². The van der Waals surface area contributed by atoms with E-state index in [1.54, 1.807) is 30.4 Å². The molecule has 1 aliphatic rings.